The second-order valence-corrected chi connectivity index (χ2v) is 15.7. The Balaban J connectivity index is -0.000000202. The summed E-state index contributed by atoms with van der Waals surface area (Å²) in [7, 11) is 3.17. The number of benzene rings is 1. The lowest BCUT2D eigenvalue weighted by Crippen LogP contribution is -2.29. The van der Waals surface area contributed by atoms with Gasteiger partial charge in [0.15, 0.2) is 0 Å². The Morgan fingerprint density at radius 3 is 1.10 bits per heavy atom. The Bertz CT molecular complexity index is 929. The highest BCUT2D eigenvalue weighted by atomic mass is 33.1. The zero-order valence-corrected chi connectivity index (χ0v) is 38.2. The summed E-state index contributed by atoms with van der Waals surface area (Å²) in [6.07, 6.45) is 9.48. The molecule has 0 amide bonds. The van der Waals surface area contributed by atoms with Crippen molar-refractivity contribution in [3.63, 3.8) is 0 Å². The SMILES string of the molecule is CC(C)(O)c1ccc(C(C)(C)O)cc1.CCN(CCO)CCO.OC/C=C\CO.OCCCCCCCCO.OCCOCC#CCOCCO.OCCSSCCO. The lowest BCUT2D eigenvalue weighted by Gasteiger charge is -2.21. The number of nitrogens with zero attached hydrogens (tertiary/aromatic N) is 1. The lowest BCUT2D eigenvalue weighted by atomic mass is 9.93. The fraction of sp³-hybridized carbons (Fsp3) is 0.762. The van der Waals surface area contributed by atoms with E-state index in [4.69, 9.17) is 60.5 Å². The first-order chi connectivity index (χ1) is 28.2. The summed E-state index contributed by atoms with van der Waals surface area (Å²) in [4.78, 5) is 1.99. The fourth-order valence-electron chi connectivity index (χ4n) is 3.75. The van der Waals surface area contributed by atoms with E-state index in [0.29, 0.717) is 52.7 Å². The molecule has 0 saturated heterocycles. The monoisotopic (exact) mass is 890 g/mol. The van der Waals surface area contributed by atoms with Gasteiger partial charge in [-0.25, -0.2) is 0 Å². The molecule has 0 aliphatic heterocycles. The molecule has 0 aliphatic rings. The van der Waals surface area contributed by atoms with Crippen molar-refractivity contribution in [3.05, 3.63) is 47.5 Å². The van der Waals surface area contributed by atoms with E-state index in [9.17, 15) is 10.2 Å². The van der Waals surface area contributed by atoms with Crippen molar-refractivity contribution in [3.8, 4) is 11.8 Å². The summed E-state index contributed by atoms with van der Waals surface area (Å²) in [5, 5.41) is 102. The van der Waals surface area contributed by atoms with E-state index in [0.717, 1.165) is 54.9 Å². The smallest absolute Gasteiger partial charge is 0.107 e. The Labute approximate surface area is 363 Å². The fourth-order valence-corrected chi connectivity index (χ4v) is 5.29. The van der Waals surface area contributed by atoms with Crippen molar-refractivity contribution in [2.75, 3.05) is 124 Å². The highest BCUT2D eigenvalue weighted by Crippen LogP contribution is 2.24. The minimum atomic E-state index is -0.821. The summed E-state index contributed by atoms with van der Waals surface area (Å²) >= 11 is 0. The molecule has 0 aliphatic carbocycles. The molecule has 59 heavy (non-hydrogen) atoms. The lowest BCUT2D eigenvalue weighted by molar-refractivity contribution is 0.0744. The van der Waals surface area contributed by atoms with Gasteiger partial charge in [-0.05, 0) is 58.2 Å². The normalized spacial score (nSPS) is 10.7. The van der Waals surface area contributed by atoms with Crippen LogP contribution in [0.15, 0.2) is 36.4 Å². The van der Waals surface area contributed by atoms with E-state index in [1.165, 1.54) is 25.0 Å². The van der Waals surface area contributed by atoms with Gasteiger partial charge in [0.05, 0.1) is 77.3 Å². The van der Waals surface area contributed by atoms with Crippen LogP contribution in [0.1, 0.15) is 84.3 Å². The molecule has 0 fully saturated rings. The van der Waals surface area contributed by atoms with Crippen molar-refractivity contribution >= 4 is 21.6 Å². The van der Waals surface area contributed by atoms with Gasteiger partial charge in [-0.15, -0.1) is 0 Å². The average molecular weight is 890 g/mol. The van der Waals surface area contributed by atoms with E-state index in [2.05, 4.69) is 11.8 Å². The third-order valence-corrected chi connectivity index (χ3v) is 9.26. The van der Waals surface area contributed by atoms with E-state index in [1.54, 1.807) is 49.3 Å². The second kappa shape index (κ2) is 54.6. The second-order valence-electron chi connectivity index (χ2n) is 13.0. The third kappa shape index (κ3) is 61.0. The minimum Gasteiger partial charge on any atom is -0.396 e. The topological polar surface area (TPSA) is 264 Å². The highest BCUT2D eigenvalue weighted by molar-refractivity contribution is 8.76. The van der Waals surface area contributed by atoms with Crippen molar-refractivity contribution in [1.29, 1.82) is 0 Å². The van der Waals surface area contributed by atoms with Crippen LogP contribution < -0.4 is 0 Å². The molecular weight excluding hydrogens is 807 g/mol. The van der Waals surface area contributed by atoms with Crippen molar-refractivity contribution in [2.45, 2.75) is 84.3 Å². The predicted octanol–water partition coefficient (Wildman–Crippen LogP) is 1.63. The number of likely N-dealkylation sites (N-methyl/N-ethyl adjacent to an activating group) is 1. The van der Waals surface area contributed by atoms with E-state index >= 15 is 0 Å². The van der Waals surface area contributed by atoms with Crippen LogP contribution in [-0.4, -0.2) is 190 Å². The maximum atomic E-state index is 9.72. The number of ether oxygens (including phenoxy) is 2. The van der Waals surface area contributed by atoms with Gasteiger partial charge in [0, 0.05) is 37.8 Å². The first kappa shape index (κ1) is 66.7. The molecule has 0 spiro atoms. The predicted molar refractivity (Wildman–Crippen MR) is 241 cm³/mol. The number of hydrogen-bond donors (Lipinski definition) is 12. The number of aliphatic hydroxyl groups is 12. The van der Waals surface area contributed by atoms with E-state index < -0.39 is 11.2 Å². The van der Waals surface area contributed by atoms with Crippen molar-refractivity contribution in [1.82, 2.24) is 4.90 Å². The van der Waals surface area contributed by atoms with Gasteiger partial charge >= 0.3 is 0 Å². The van der Waals surface area contributed by atoms with Crippen LogP contribution in [0.4, 0.5) is 0 Å². The molecule has 0 unspecified atom stereocenters. The molecule has 0 bridgehead atoms. The van der Waals surface area contributed by atoms with Crippen molar-refractivity contribution < 1.29 is 70.8 Å². The first-order valence-corrected chi connectivity index (χ1v) is 22.6. The Morgan fingerprint density at radius 1 is 0.525 bits per heavy atom. The van der Waals surface area contributed by atoms with Crippen LogP contribution in [0.25, 0.3) is 0 Å². The maximum Gasteiger partial charge on any atom is 0.107 e. The number of unbranched alkanes of at least 4 members (excludes halogenated alkanes) is 5. The van der Waals surface area contributed by atoms with Gasteiger partial charge in [0.1, 0.15) is 13.2 Å². The van der Waals surface area contributed by atoms with Gasteiger partial charge in [0.25, 0.3) is 0 Å². The molecule has 1 aromatic rings. The Kier molecular flexibility index (Phi) is 61.8. The number of aliphatic hydroxyl groups excluding tert-OH is 10. The molecule has 15 nitrogen and oxygen atoms in total. The summed E-state index contributed by atoms with van der Waals surface area (Å²) in [5.74, 6) is 6.89. The molecule has 0 aromatic heterocycles. The maximum absolute atomic E-state index is 9.72. The molecule has 0 heterocycles. The Hall–Kier alpha value is -1.38. The summed E-state index contributed by atoms with van der Waals surface area (Å²) in [5.41, 5.74) is 0.0620. The van der Waals surface area contributed by atoms with Crippen LogP contribution in [0, 0.1) is 11.8 Å². The van der Waals surface area contributed by atoms with Crippen LogP contribution in [0.3, 0.4) is 0 Å². The number of hydrogen-bond acceptors (Lipinski definition) is 17. The van der Waals surface area contributed by atoms with Crippen LogP contribution >= 0.6 is 21.6 Å². The average Bonchev–Trinajstić information content (AvgIpc) is 3.21. The first-order valence-electron chi connectivity index (χ1n) is 20.1. The largest absolute Gasteiger partial charge is 0.396 e. The van der Waals surface area contributed by atoms with Gasteiger partial charge in [-0.2, -0.15) is 0 Å². The van der Waals surface area contributed by atoms with Crippen LogP contribution in [0.5, 0.6) is 0 Å². The summed E-state index contributed by atoms with van der Waals surface area (Å²) < 4.78 is 9.72. The quantitative estimate of drug-likeness (QED) is 0.0259. The summed E-state index contributed by atoms with van der Waals surface area (Å²) in [6.45, 7) is 13.9. The molecule has 0 radical (unpaired) electrons. The third-order valence-electron chi connectivity index (χ3n) is 6.90. The van der Waals surface area contributed by atoms with Crippen molar-refractivity contribution in [2.24, 2.45) is 0 Å². The molecule has 352 valence electrons. The van der Waals surface area contributed by atoms with Gasteiger partial charge in [0.2, 0.25) is 0 Å². The van der Waals surface area contributed by atoms with Gasteiger partial charge < -0.3 is 70.8 Å². The molecule has 17 heteroatoms. The standard InChI is InChI=1S/C12H18O2.C8H14O4.C8H18O2.C6H15NO2.C4H10O2S2.C4H8O2/c1-11(2,13)9-5-7-10(8-6-9)12(3,4)14;9-3-7-11-5-1-2-6-12-8-4-10;9-7-5-3-1-2-4-6-8-10;1-2-7(3-5-8)4-6-9;5-1-3-7-8-4-2-6;5-3-1-2-4-6/h5-8,13-14H,1-4H3;9-10H,3-8H2;9-10H,1-8H2;8-9H,2-6H2,1H3;5-6H,1-4H2;1-2,5-6H,3-4H2/b;;;;;2-1-. The van der Waals surface area contributed by atoms with Crippen LogP contribution in [0.2, 0.25) is 0 Å². The molecule has 1 rings (SSSR count). The molecule has 1 aromatic carbocycles. The zero-order valence-electron chi connectivity index (χ0n) is 36.6. The Morgan fingerprint density at radius 2 is 0.864 bits per heavy atom. The zero-order chi connectivity index (χ0) is 45.9. The van der Waals surface area contributed by atoms with E-state index in [-0.39, 0.29) is 52.9 Å². The molecule has 12 N–H and O–H groups in total. The van der Waals surface area contributed by atoms with E-state index in [1.807, 2.05) is 36.1 Å². The highest BCUT2D eigenvalue weighted by Gasteiger charge is 2.19. The molecule has 0 atom stereocenters. The number of rotatable bonds is 27. The minimum absolute atomic E-state index is 0.0144. The molecule has 0 saturated carbocycles. The molecular formula is C42H83NO14S2. The van der Waals surface area contributed by atoms with Gasteiger partial charge in [-0.3, -0.25) is 4.90 Å². The van der Waals surface area contributed by atoms with Crippen LogP contribution in [-0.2, 0) is 20.7 Å². The summed E-state index contributed by atoms with van der Waals surface area (Å²) in [6, 6.07) is 7.36. The van der Waals surface area contributed by atoms with Gasteiger partial charge in [-0.1, -0.05) is 102 Å².